The van der Waals surface area contributed by atoms with Crippen molar-refractivity contribution >= 4 is 23.1 Å². The van der Waals surface area contributed by atoms with Crippen LogP contribution in [0.5, 0.6) is 0 Å². The van der Waals surface area contributed by atoms with Gasteiger partial charge in [-0.15, -0.1) is 0 Å². The number of pyridine rings is 1. The van der Waals surface area contributed by atoms with Crippen LogP contribution in [-0.2, 0) is 6.54 Å². The van der Waals surface area contributed by atoms with Crippen LogP contribution in [0.15, 0.2) is 28.9 Å². The fourth-order valence-corrected chi connectivity index (χ4v) is 1.88. The van der Waals surface area contributed by atoms with E-state index in [2.05, 4.69) is 4.98 Å². The van der Waals surface area contributed by atoms with Gasteiger partial charge in [-0.25, -0.2) is 4.98 Å². The molecule has 0 unspecified atom stereocenters. The van der Waals surface area contributed by atoms with Gasteiger partial charge >= 0.3 is 0 Å². The van der Waals surface area contributed by atoms with E-state index in [1.54, 1.807) is 18.2 Å². The molecule has 0 aliphatic heterocycles. The van der Waals surface area contributed by atoms with E-state index in [9.17, 15) is 10.1 Å². The normalized spacial score (nSPS) is 10.5. The Kier molecular flexibility index (Phi) is 3.71. The van der Waals surface area contributed by atoms with Gasteiger partial charge in [-0.05, 0) is 13.0 Å². The predicted octanol–water partition coefficient (Wildman–Crippen LogP) is 3.18. The van der Waals surface area contributed by atoms with Crippen molar-refractivity contribution in [3.05, 3.63) is 51.1 Å². The third kappa shape index (κ3) is 3.03. The van der Waals surface area contributed by atoms with E-state index in [1.807, 2.05) is 13.0 Å². The van der Waals surface area contributed by atoms with E-state index in [4.69, 9.17) is 16.0 Å². The summed E-state index contributed by atoms with van der Waals surface area (Å²) in [5, 5.41) is 10.9. The van der Waals surface area contributed by atoms with Crippen LogP contribution in [0.1, 0.15) is 11.3 Å². The minimum Gasteiger partial charge on any atom is -0.469 e. The summed E-state index contributed by atoms with van der Waals surface area (Å²) < 4.78 is 5.21. The van der Waals surface area contributed by atoms with Gasteiger partial charge in [-0.1, -0.05) is 11.6 Å². The Hall–Kier alpha value is -2.08. The lowest BCUT2D eigenvalue weighted by molar-refractivity contribution is -0.384. The number of rotatable bonds is 4. The van der Waals surface area contributed by atoms with E-state index in [1.165, 1.54) is 12.1 Å². The highest BCUT2D eigenvalue weighted by Crippen LogP contribution is 2.24. The number of aryl methyl sites for hydroxylation is 1. The van der Waals surface area contributed by atoms with E-state index >= 15 is 0 Å². The number of hydrogen-bond donors (Lipinski definition) is 0. The highest BCUT2D eigenvalue weighted by atomic mass is 35.5. The maximum Gasteiger partial charge on any atom is 0.276 e. The van der Waals surface area contributed by atoms with Crippen LogP contribution in [0.3, 0.4) is 0 Å². The smallest absolute Gasteiger partial charge is 0.276 e. The molecule has 0 radical (unpaired) electrons. The van der Waals surface area contributed by atoms with Crippen molar-refractivity contribution in [3.63, 3.8) is 0 Å². The number of furan rings is 1. The Balaban J connectivity index is 2.26. The summed E-state index contributed by atoms with van der Waals surface area (Å²) in [6.45, 7) is 2.39. The first-order valence-corrected chi connectivity index (χ1v) is 5.91. The van der Waals surface area contributed by atoms with Gasteiger partial charge in [-0.3, -0.25) is 10.1 Å². The molecule has 0 spiro atoms. The Morgan fingerprint density at radius 3 is 2.84 bits per heavy atom. The molecule has 0 aliphatic carbocycles. The molecule has 0 saturated carbocycles. The van der Waals surface area contributed by atoms with E-state index in [0.29, 0.717) is 12.4 Å². The first-order chi connectivity index (χ1) is 8.97. The first kappa shape index (κ1) is 13.4. The molecule has 2 rings (SSSR count). The summed E-state index contributed by atoms with van der Waals surface area (Å²) in [5.41, 5.74) is 0.915. The SMILES string of the molecule is Cc1occc1CN(C)c1cc([N+](=O)[O-])cc(Cl)n1. The van der Waals surface area contributed by atoms with Crippen LogP contribution in [0.2, 0.25) is 5.15 Å². The summed E-state index contributed by atoms with van der Waals surface area (Å²) in [6, 6.07) is 4.47. The molecule has 0 atom stereocenters. The second-order valence-corrected chi connectivity index (χ2v) is 4.51. The lowest BCUT2D eigenvalue weighted by atomic mass is 10.2. The van der Waals surface area contributed by atoms with Crippen LogP contribution >= 0.6 is 11.6 Å². The van der Waals surface area contributed by atoms with Crippen LogP contribution < -0.4 is 4.90 Å². The van der Waals surface area contributed by atoms with Crippen molar-refractivity contribution in [1.82, 2.24) is 4.98 Å². The van der Waals surface area contributed by atoms with Gasteiger partial charge in [-0.2, -0.15) is 0 Å². The molecule has 0 N–H and O–H groups in total. The quantitative estimate of drug-likeness (QED) is 0.489. The zero-order valence-electron chi connectivity index (χ0n) is 10.5. The molecule has 100 valence electrons. The third-order valence-electron chi connectivity index (χ3n) is 2.74. The molecule has 0 aliphatic rings. The molecule has 7 heteroatoms. The van der Waals surface area contributed by atoms with Gasteiger partial charge in [0.1, 0.15) is 16.7 Å². The standard InChI is InChI=1S/C12H12ClN3O3/c1-8-9(3-4-19-8)7-15(2)12-6-10(16(17)18)5-11(13)14-12/h3-6H,7H2,1-2H3. The van der Waals surface area contributed by atoms with Crippen molar-refractivity contribution in [3.8, 4) is 0 Å². The van der Waals surface area contributed by atoms with Gasteiger partial charge in [0.25, 0.3) is 5.69 Å². The van der Waals surface area contributed by atoms with Crippen molar-refractivity contribution in [2.45, 2.75) is 13.5 Å². The lowest BCUT2D eigenvalue weighted by Crippen LogP contribution is -2.18. The number of hydrogen-bond acceptors (Lipinski definition) is 5. The molecular weight excluding hydrogens is 270 g/mol. The molecule has 0 aromatic carbocycles. The van der Waals surface area contributed by atoms with Crippen molar-refractivity contribution in [2.75, 3.05) is 11.9 Å². The van der Waals surface area contributed by atoms with Crippen molar-refractivity contribution in [2.24, 2.45) is 0 Å². The summed E-state index contributed by atoms with van der Waals surface area (Å²) in [6.07, 6.45) is 1.60. The van der Waals surface area contributed by atoms with E-state index in [-0.39, 0.29) is 10.8 Å². The zero-order valence-corrected chi connectivity index (χ0v) is 11.2. The number of nitrogens with zero attached hydrogens (tertiary/aromatic N) is 3. The summed E-state index contributed by atoms with van der Waals surface area (Å²) in [4.78, 5) is 16.1. The minimum absolute atomic E-state index is 0.0780. The molecule has 2 aromatic rings. The average molecular weight is 282 g/mol. The molecule has 0 amide bonds. The number of aromatic nitrogens is 1. The van der Waals surface area contributed by atoms with Crippen molar-refractivity contribution < 1.29 is 9.34 Å². The van der Waals surface area contributed by atoms with Crippen LogP contribution in [0.4, 0.5) is 11.5 Å². The zero-order chi connectivity index (χ0) is 14.0. The van der Waals surface area contributed by atoms with Crippen LogP contribution in [0.25, 0.3) is 0 Å². The van der Waals surface area contributed by atoms with Gasteiger partial charge in [0.15, 0.2) is 0 Å². The topological polar surface area (TPSA) is 72.4 Å². The van der Waals surface area contributed by atoms with E-state index < -0.39 is 4.92 Å². The molecule has 19 heavy (non-hydrogen) atoms. The fourth-order valence-electron chi connectivity index (χ4n) is 1.68. The predicted molar refractivity (Wildman–Crippen MR) is 71.5 cm³/mol. The monoisotopic (exact) mass is 281 g/mol. The molecule has 2 aromatic heterocycles. The number of anilines is 1. The summed E-state index contributed by atoms with van der Waals surface area (Å²) >= 11 is 5.79. The second kappa shape index (κ2) is 5.27. The highest BCUT2D eigenvalue weighted by molar-refractivity contribution is 6.29. The number of halogens is 1. The maximum atomic E-state index is 10.8. The lowest BCUT2D eigenvalue weighted by Gasteiger charge is -2.17. The van der Waals surface area contributed by atoms with Gasteiger partial charge < -0.3 is 9.32 Å². The average Bonchev–Trinajstić information content (AvgIpc) is 2.74. The second-order valence-electron chi connectivity index (χ2n) is 4.12. The Morgan fingerprint density at radius 1 is 1.53 bits per heavy atom. The molecule has 2 heterocycles. The van der Waals surface area contributed by atoms with Gasteiger partial charge in [0, 0.05) is 19.2 Å². The van der Waals surface area contributed by atoms with E-state index in [0.717, 1.165) is 11.3 Å². The molecular formula is C12H12ClN3O3. The fraction of sp³-hybridized carbons (Fsp3) is 0.250. The molecule has 0 bridgehead atoms. The molecule has 0 fully saturated rings. The largest absolute Gasteiger partial charge is 0.469 e. The third-order valence-corrected chi connectivity index (χ3v) is 2.93. The van der Waals surface area contributed by atoms with Crippen LogP contribution in [-0.4, -0.2) is 17.0 Å². The minimum atomic E-state index is -0.492. The summed E-state index contributed by atoms with van der Waals surface area (Å²) in [7, 11) is 1.79. The Labute approximate surface area is 114 Å². The first-order valence-electron chi connectivity index (χ1n) is 5.53. The summed E-state index contributed by atoms with van der Waals surface area (Å²) in [5.74, 6) is 1.25. The van der Waals surface area contributed by atoms with Gasteiger partial charge in [0.05, 0.1) is 23.3 Å². The Morgan fingerprint density at radius 2 is 2.26 bits per heavy atom. The molecule has 0 saturated heterocycles. The Bertz CT molecular complexity index is 612. The van der Waals surface area contributed by atoms with Gasteiger partial charge in [0.2, 0.25) is 0 Å². The maximum absolute atomic E-state index is 10.8. The van der Waals surface area contributed by atoms with Crippen LogP contribution in [0, 0.1) is 17.0 Å². The van der Waals surface area contributed by atoms with Crippen molar-refractivity contribution in [1.29, 1.82) is 0 Å². The highest BCUT2D eigenvalue weighted by Gasteiger charge is 2.14. The number of nitro groups is 1. The molecule has 6 nitrogen and oxygen atoms in total.